The number of anilines is 2. The Morgan fingerprint density at radius 3 is 2.90 bits per heavy atom. The highest BCUT2D eigenvalue weighted by molar-refractivity contribution is 6.04. The van der Waals surface area contributed by atoms with Gasteiger partial charge in [0.05, 0.1) is 24.3 Å². The maximum absolute atomic E-state index is 14.1. The molecule has 0 radical (unpaired) electrons. The van der Waals surface area contributed by atoms with Gasteiger partial charge in [0.1, 0.15) is 17.2 Å². The number of benzene rings is 1. The number of hydrogen-bond donors (Lipinski definition) is 2. The smallest absolute Gasteiger partial charge is 0.276 e. The van der Waals surface area contributed by atoms with E-state index in [0.29, 0.717) is 16.9 Å². The zero-order valence-electron chi connectivity index (χ0n) is 16.1. The van der Waals surface area contributed by atoms with Crippen molar-refractivity contribution in [3.63, 3.8) is 0 Å². The predicted octanol–water partition coefficient (Wildman–Crippen LogP) is 2.07. The summed E-state index contributed by atoms with van der Waals surface area (Å²) in [4.78, 5) is 23.4. The van der Waals surface area contributed by atoms with Crippen LogP contribution in [0.1, 0.15) is 16.9 Å². The Balaban J connectivity index is 1.58. The summed E-state index contributed by atoms with van der Waals surface area (Å²) in [7, 11) is 1.85. The third-order valence-corrected chi connectivity index (χ3v) is 4.81. The second-order valence-electron chi connectivity index (χ2n) is 6.82. The summed E-state index contributed by atoms with van der Waals surface area (Å²) in [5, 5.41) is 10.5. The van der Waals surface area contributed by atoms with E-state index in [4.69, 9.17) is 0 Å². The molecule has 1 aliphatic rings. The number of aromatic nitrogens is 4. The number of carbonyl (C=O) groups excluding carboxylic acids is 1. The fourth-order valence-electron chi connectivity index (χ4n) is 3.41. The lowest BCUT2D eigenvalue weighted by atomic mass is 10.1. The Labute approximate surface area is 167 Å². The number of hydrogen-bond acceptors (Lipinski definition) is 6. The lowest BCUT2D eigenvalue weighted by molar-refractivity contribution is 0.102. The molecule has 3 heterocycles. The normalized spacial score (nSPS) is 14.5. The number of rotatable bonds is 4. The molecule has 1 fully saturated rings. The van der Waals surface area contributed by atoms with Gasteiger partial charge in [0.2, 0.25) is 0 Å². The van der Waals surface area contributed by atoms with E-state index in [1.807, 2.05) is 7.05 Å². The number of halogens is 1. The maximum atomic E-state index is 14.1. The monoisotopic (exact) mass is 395 g/mol. The Morgan fingerprint density at radius 2 is 2.03 bits per heavy atom. The van der Waals surface area contributed by atoms with E-state index in [1.54, 1.807) is 29.1 Å². The molecule has 0 saturated carbocycles. The lowest BCUT2D eigenvalue weighted by Crippen LogP contribution is -2.30. The first-order valence-electron chi connectivity index (χ1n) is 9.49. The van der Waals surface area contributed by atoms with Crippen LogP contribution in [0.15, 0.2) is 42.9 Å². The number of nitrogens with one attached hydrogen (secondary N) is 2. The highest BCUT2D eigenvalue weighted by atomic mass is 19.1. The Bertz CT molecular complexity index is 1010. The molecule has 1 amide bonds. The van der Waals surface area contributed by atoms with E-state index in [-0.39, 0.29) is 5.69 Å². The minimum absolute atomic E-state index is 0.109. The largest absolute Gasteiger partial charge is 0.354 e. The van der Waals surface area contributed by atoms with Gasteiger partial charge in [-0.05, 0) is 25.1 Å². The third kappa shape index (κ3) is 4.09. The second kappa shape index (κ2) is 8.36. The van der Waals surface area contributed by atoms with Crippen molar-refractivity contribution < 1.29 is 9.18 Å². The van der Waals surface area contributed by atoms with Crippen LogP contribution in [0.25, 0.3) is 11.3 Å². The SMILES string of the molecule is Cn1ncc(NC(=O)c2cncc(-c3ccccc3F)n2)c1N1CCCNCC1. The van der Waals surface area contributed by atoms with Crippen molar-refractivity contribution in [3.05, 3.63) is 54.4 Å². The molecule has 1 saturated heterocycles. The van der Waals surface area contributed by atoms with E-state index in [9.17, 15) is 9.18 Å². The van der Waals surface area contributed by atoms with Crippen LogP contribution in [0, 0.1) is 5.82 Å². The van der Waals surface area contributed by atoms with Crippen molar-refractivity contribution in [2.45, 2.75) is 6.42 Å². The first kappa shape index (κ1) is 19.0. The van der Waals surface area contributed by atoms with Gasteiger partial charge in [-0.15, -0.1) is 0 Å². The second-order valence-corrected chi connectivity index (χ2v) is 6.82. The summed E-state index contributed by atoms with van der Waals surface area (Å²) in [6.07, 6.45) is 5.44. The average Bonchev–Trinajstić information content (AvgIpc) is 2.93. The highest BCUT2D eigenvalue weighted by Crippen LogP contribution is 2.26. The summed E-state index contributed by atoms with van der Waals surface area (Å²) < 4.78 is 15.8. The maximum Gasteiger partial charge on any atom is 0.276 e. The molecule has 0 unspecified atom stereocenters. The van der Waals surface area contributed by atoms with E-state index >= 15 is 0 Å². The van der Waals surface area contributed by atoms with Crippen molar-refractivity contribution in [1.29, 1.82) is 0 Å². The number of carbonyl (C=O) groups is 1. The van der Waals surface area contributed by atoms with Crippen LogP contribution in [0.3, 0.4) is 0 Å². The molecule has 150 valence electrons. The summed E-state index contributed by atoms with van der Waals surface area (Å²) in [5.74, 6) is 0.0156. The molecule has 4 rings (SSSR count). The zero-order chi connectivity index (χ0) is 20.2. The molecule has 3 aromatic rings. The van der Waals surface area contributed by atoms with Crippen LogP contribution in [0.2, 0.25) is 0 Å². The molecule has 1 aromatic carbocycles. The molecule has 2 aromatic heterocycles. The number of aryl methyl sites for hydroxylation is 1. The van der Waals surface area contributed by atoms with Crippen molar-refractivity contribution in [3.8, 4) is 11.3 Å². The molecule has 0 aliphatic carbocycles. The van der Waals surface area contributed by atoms with E-state index in [2.05, 4.69) is 30.6 Å². The van der Waals surface area contributed by atoms with Gasteiger partial charge in [0, 0.05) is 32.2 Å². The van der Waals surface area contributed by atoms with Gasteiger partial charge >= 0.3 is 0 Å². The topological polar surface area (TPSA) is 88.0 Å². The molecule has 0 bridgehead atoms. The molecule has 1 aliphatic heterocycles. The van der Waals surface area contributed by atoms with Crippen LogP contribution in [-0.2, 0) is 7.05 Å². The molecule has 29 heavy (non-hydrogen) atoms. The molecule has 8 nitrogen and oxygen atoms in total. The van der Waals surface area contributed by atoms with Crippen molar-refractivity contribution in [2.75, 3.05) is 36.4 Å². The molecule has 0 atom stereocenters. The lowest BCUT2D eigenvalue weighted by Gasteiger charge is -2.23. The zero-order valence-corrected chi connectivity index (χ0v) is 16.1. The Morgan fingerprint density at radius 1 is 1.17 bits per heavy atom. The van der Waals surface area contributed by atoms with Gasteiger partial charge in [-0.2, -0.15) is 5.10 Å². The predicted molar refractivity (Wildman–Crippen MR) is 108 cm³/mol. The number of nitrogens with zero attached hydrogens (tertiary/aromatic N) is 5. The quantitative estimate of drug-likeness (QED) is 0.703. The van der Waals surface area contributed by atoms with E-state index < -0.39 is 11.7 Å². The van der Waals surface area contributed by atoms with Crippen LogP contribution >= 0.6 is 0 Å². The summed E-state index contributed by atoms with van der Waals surface area (Å²) in [6, 6.07) is 6.27. The average molecular weight is 395 g/mol. The molecule has 9 heteroatoms. The van der Waals surface area contributed by atoms with Crippen LogP contribution < -0.4 is 15.5 Å². The van der Waals surface area contributed by atoms with Crippen molar-refractivity contribution in [2.24, 2.45) is 7.05 Å². The first-order valence-corrected chi connectivity index (χ1v) is 9.49. The van der Waals surface area contributed by atoms with E-state index in [1.165, 1.54) is 18.5 Å². The Hall–Kier alpha value is -3.33. The van der Waals surface area contributed by atoms with Crippen LogP contribution in [-0.4, -0.2) is 51.8 Å². The van der Waals surface area contributed by atoms with E-state index in [0.717, 1.165) is 38.4 Å². The summed E-state index contributed by atoms with van der Waals surface area (Å²) in [5.41, 5.74) is 1.32. The Kier molecular flexibility index (Phi) is 5.48. The van der Waals surface area contributed by atoms with Gasteiger partial charge in [0.25, 0.3) is 5.91 Å². The molecular formula is C20H22FN7O. The summed E-state index contributed by atoms with van der Waals surface area (Å²) >= 11 is 0. The summed E-state index contributed by atoms with van der Waals surface area (Å²) in [6.45, 7) is 3.53. The van der Waals surface area contributed by atoms with Crippen LogP contribution in [0.5, 0.6) is 0 Å². The van der Waals surface area contributed by atoms with Crippen LogP contribution in [0.4, 0.5) is 15.9 Å². The minimum atomic E-state index is -0.419. The fraction of sp³-hybridized carbons (Fsp3) is 0.300. The molecular weight excluding hydrogens is 373 g/mol. The van der Waals surface area contributed by atoms with Gasteiger partial charge in [0.15, 0.2) is 5.82 Å². The van der Waals surface area contributed by atoms with Gasteiger partial charge in [-0.1, -0.05) is 12.1 Å². The standard InChI is InChI=1S/C20H22FN7O/c1-27-20(28-9-4-7-22-8-10-28)18(13-24-27)26-19(29)17-12-23-11-16(25-17)14-5-2-3-6-15(14)21/h2-3,5-6,11-13,22H,4,7-10H2,1H3,(H,26,29). The van der Waals surface area contributed by atoms with Gasteiger partial charge in [-0.25, -0.2) is 9.37 Å². The minimum Gasteiger partial charge on any atom is -0.354 e. The van der Waals surface area contributed by atoms with Crippen molar-refractivity contribution in [1.82, 2.24) is 25.1 Å². The molecule has 0 spiro atoms. The first-order chi connectivity index (χ1) is 14.1. The third-order valence-electron chi connectivity index (χ3n) is 4.81. The molecule has 2 N–H and O–H groups in total. The highest BCUT2D eigenvalue weighted by Gasteiger charge is 2.20. The number of amides is 1. The van der Waals surface area contributed by atoms with Gasteiger partial charge in [-0.3, -0.25) is 14.5 Å². The van der Waals surface area contributed by atoms with Gasteiger partial charge < -0.3 is 15.5 Å². The fourth-order valence-corrected chi connectivity index (χ4v) is 3.41. The van der Waals surface area contributed by atoms with Crippen molar-refractivity contribution >= 4 is 17.4 Å².